The van der Waals surface area contributed by atoms with Crippen molar-refractivity contribution in [2.45, 2.75) is 32.0 Å². The van der Waals surface area contributed by atoms with Gasteiger partial charge in [0.05, 0.1) is 5.69 Å². The number of carbonyl (C=O) groups is 1. The van der Waals surface area contributed by atoms with Crippen LogP contribution in [0.15, 0.2) is 48.5 Å². The van der Waals surface area contributed by atoms with Gasteiger partial charge in [0.15, 0.2) is 0 Å². The van der Waals surface area contributed by atoms with Gasteiger partial charge in [0.2, 0.25) is 0 Å². The zero-order valence-electron chi connectivity index (χ0n) is 16.8. The molecule has 3 N–H and O–H groups in total. The van der Waals surface area contributed by atoms with Crippen molar-refractivity contribution >= 4 is 17.4 Å². The molecule has 156 valence electrons. The average Bonchev–Trinajstić information content (AvgIpc) is 3.27. The minimum absolute atomic E-state index is 0.0278. The number of ether oxygens (including phenoxy) is 1. The number of alkyl carbamates (subject to hydrolysis) is 1. The smallest absolute Gasteiger partial charge is 0.407 e. The van der Waals surface area contributed by atoms with E-state index in [1.807, 2.05) is 38.1 Å². The van der Waals surface area contributed by atoms with Crippen molar-refractivity contribution in [2.75, 3.05) is 13.2 Å². The molecule has 0 aliphatic heterocycles. The molecule has 2 aromatic carbocycles. The zero-order valence-corrected chi connectivity index (χ0v) is 17.6. The molecule has 0 saturated carbocycles. The van der Waals surface area contributed by atoms with E-state index < -0.39 is 18.3 Å². The minimum atomic E-state index is -1.17. The number of rotatable bonds is 6. The summed E-state index contributed by atoms with van der Waals surface area (Å²) in [6, 6.07) is 16.2. The van der Waals surface area contributed by atoms with Gasteiger partial charge in [-0.15, -0.1) is 11.3 Å². The van der Waals surface area contributed by atoms with Crippen LogP contribution in [-0.4, -0.2) is 40.5 Å². The summed E-state index contributed by atoms with van der Waals surface area (Å²) in [5, 5.41) is 23.4. The van der Waals surface area contributed by atoms with E-state index in [9.17, 15) is 15.0 Å². The van der Waals surface area contributed by atoms with Gasteiger partial charge < -0.3 is 20.3 Å². The molecule has 1 amide bonds. The zero-order chi connectivity index (χ0) is 21.3. The average molecular weight is 425 g/mol. The lowest BCUT2D eigenvalue weighted by atomic mass is 9.98. The lowest BCUT2D eigenvalue weighted by Gasteiger charge is -2.18. The van der Waals surface area contributed by atoms with E-state index in [1.54, 1.807) is 0 Å². The molecule has 6 nitrogen and oxygen atoms in total. The number of benzene rings is 2. The third-order valence-electron chi connectivity index (χ3n) is 5.46. The van der Waals surface area contributed by atoms with Crippen LogP contribution in [0.5, 0.6) is 0 Å². The van der Waals surface area contributed by atoms with E-state index in [2.05, 4.69) is 34.6 Å². The lowest BCUT2D eigenvalue weighted by molar-refractivity contribution is 0.0184. The number of nitrogens with one attached hydrogen (secondary N) is 1. The van der Waals surface area contributed by atoms with E-state index in [-0.39, 0.29) is 19.1 Å². The van der Waals surface area contributed by atoms with Crippen molar-refractivity contribution in [3.05, 3.63) is 75.2 Å². The van der Waals surface area contributed by atoms with E-state index >= 15 is 0 Å². The molecular formula is C23H24N2O4S. The molecule has 0 bridgehead atoms. The highest BCUT2D eigenvalue weighted by Crippen LogP contribution is 2.44. The number of hydrogen-bond acceptors (Lipinski definition) is 6. The quantitative estimate of drug-likeness (QED) is 0.561. The third-order valence-corrected chi connectivity index (χ3v) is 6.61. The van der Waals surface area contributed by atoms with Crippen LogP contribution in [-0.2, 0) is 4.74 Å². The van der Waals surface area contributed by atoms with Gasteiger partial charge in [-0.3, -0.25) is 0 Å². The highest BCUT2D eigenvalue weighted by molar-refractivity contribution is 7.11. The van der Waals surface area contributed by atoms with Gasteiger partial charge in [-0.2, -0.15) is 0 Å². The largest absolute Gasteiger partial charge is 0.449 e. The van der Waals surface area contributed by atoms with Gasteiger partial charge in [-0.25, -0.2) is 9.78 Å². The second-order valence-electron chi connectivity index (χ2n) is 7.41. The number of nitrogens with zero attached hydrogens (tertiary/aromatic N) is 1. The summed E-state index contributed by atoms with van der Waals surface area (Å²) in [7, 11) is 0. The Bertz CT molecular complexity index is 1000. The van der Waals surface area contributed by atoms with Crippen LogP contribution in [0.2, 0.25) is 0 Å². The molecule has 3 aromatic rings. The Kier molecular flexibility index (Phi) is 5.85. The van der Waals surface area contributed by atoms with E-state index in [1.165, 1.54) is 11.3 Å². The first-order valence-corrected chi connectivity index (χ1v) is 10.7. The summed E-state index contributed by atoms with van der Waals surface area (Å²) in [4.78, 5) is 17.4. The first kappa shape index (κ1) is 20.5. The Hall–Kier alpha value is -2.74. The Morgan fingerprint density at radius 3 is 2.27 bits per heavy atom. The number of aromatic nitrogens is 1. The molecule has 1 aromatic heterocycles. The molecule has 1 aliphatic carbocycles. The van der Waals surface area contributed by atoms with E-state index in [0.717, 1.165) is 32.8 Å². The molecule has 0 radical (unpaired) electrons. The molecule has 2 unspecified atom stereocenters. The van der Waals surface area contributed by atoms with Crippen molar-refractivity contribution in [1.29, 1.82) is 0 Å². The summed E-state index contributed by atoms with van der Waals surface area (Å²) in [5.74, 6) is -0.0278. The summed E-state index contributed by atoms with van der Waals surface area (Å²) in [6.45, 7) is 3.83. The van der Waals surface area contributed by atoms with Crippen molar-refractivity contribution in [3.63, 3.8) is 0 Å². The number of amides is 1. The first-order chi connectivity index (χ1) is 14.5. The molecule has 7 heteroatoms. The molecular weight excluding hydrogens is 400 g/mol. The van der Waals surface area contributed by atoms with Crippen LogP contribution in [0.4, 0.5) is 4.79 Å². The van der Waals surface area contributed by atoms with E-state index in [4.69, 9.17) is 4.74 Å². The lowest BCUT2D eigenvalue weighted by Crippen LogP contribution is -2.36. The second kappa shape index (κ2) is 8.55. The fourth-order valence-corrected chi connectivity index (χ4v) is 4.71. The molecule has 4 rings (SSSR count). The van der Waals surface area contributed by atoms with Crippen molar-refractivity contribution in [2.24, 2.45) is 0 Å². The predicted octanol–water partition coefficient (Wildman–Crippen LogP) is 3.69. The van der Waals surface area contributed by atoms with Crippen molar-refractivity contribution in [1.82, 2.24) is 10.3 Å². The third kappa shape index (κ3) is 3.96. The van der Waals surface area contributed by atoms with Crippen LogP contribution in [0.1, 0.15) is 38.7 Å². The van der Waals surface area contributed by atoms with Gasteiger partial charge >= 0.3 is 6.09 Å². The SMILES string of the molecule is Cc1nc(C(O)C(O)CNC(=O)OCC2c3ccccc3-c3ccccc32)sc1C. The van der Waals surface area contributed by atoms with Gasteiger partial charge in [-0.1, -0.05) is 48.5 Å². The van der Waals surface area contributed by atoms with Crippen molar-refractivity contribution < 1.29 is 19.7 Å². The number of thiazole rings is 1. The number of aryl methyl sites for hydroxylation is 2. The van der Waals surface area contributed by atoms with E-state index in [0.29, 0.717) is 5.01 Å². The fourth-order valence-electron chi connectivity index (χ4n) is 3.74. The summed E-state index contributed by atoms with van der Waals surface area (Å²) >= 11 is 1.33. The standard InChI is InChI=1S/C23H24N2O4S/c1-13-14(2)30-22(25-13)21(27)20(26)11-24-23(28)29-12-19-17-9-5-3-7-15(17)16-8-4-6-10-18(16)19/h3-10,19-21,26-27H,11-12H2,1-2H3,(H,24,28). The molecule has 0 spiro atoms. The Morgan fingerprint density at radius 2 is 1.70 bits per heavy atom. The molecule has 2 atom stereocenters. The second-order valence-corrected chi connectivity index (χ2v) is 8.65. The van der Waals surface area contributed by atoms with Gasteiger partial charge in [0.25, 0.3) is 0 Å². The van der Waals surface area contributed by atoms with Gasteiger partial charge in [0, 0.05) is 17.3 Å². The topological polar surface area (TPSA) is 91.7 Å². The summed E-state index contributed by atoms with van der Waals surface area (Å²) < 4.78 is 5.44. The highest BCUT2D eigenvalue weighted by Gasteiger charge is 2.29. The number of carbonyl (C=O) groups excluding carboxylic acids is 1. The molecule has 0 fully saturated rings. The van der Waals surface area contributed by atoms with Gasteiger partial charge in [-0.05, 0) is 36.1 Å². The maximum Gasteiger partial charge on any atom is 0.407 e. The van der Waals surface area contributed by atoms with Crippen LogP contribution in [0, 0.1) is 13.8 Å². The molecule has 1 heterocycles. The molecule has 1 aliphatic rings. The van der Waals surface area contributed by atoms with Crippen LogP contribution >= 0.6 is 11.3 Å². The Balaban J connectivity index is 1.34. The molecule has 0 saturated heterocycles. The Morgan fingerprint density at radius 1 is 1.10 bits per heavy atom. The highest BCUT2D eigenvalue weighted by atomic mass is 32.1. The van der Waals surface area contributed by atoms with Gasteiger partial charge in [0.1, 0.15) is 23.8 Å². The van der Waals surface area contributed by atoms with Crippen LogP contribution < -0.4 is 5.32 Å². The fraction of sp³-hybridized carbons (Fsp3) is 0.304. The number of hydrogen-bond donors (Lipinski definition) is 3. The number of aliphatic hydroxyl groups is 2. The normalized spacial score (nSPS) is 14.7. The minimum Gasteiger partial charge on any atom is -0.449 e. The first-order valence-electron chi connectivity index (χ1n) is 9.84. The molecule has 30 heavy (non-hydrogen) atoms. The number of aliphatic hydroxyl groups excluding tert-OH is 2. The monoisotopic (exact) mass is 424 g/mol. The maximum atomic E-state index is 12.2. The van der Waals surface area contributed by atoms with Crippen LogP contribution in [0.3, 0.4) is 0 Å². The van der Waals surface area contributed by atoms with Crippen molar-refractivity contribution in [3.8, 4) is 11.1 Å². The number of fused-ring (bicyclic) bond motifs is 3. The predicted molar refractivity (Wildman–Crippen MR) is 116 cm³/mol. The Labute approximate surface area is 179 Å². The van der Waals surface area contributed by atoms with Crippen LogP contribution in [0.25, 0.3) is 11.1 Å². The summed E-state index contributed by atoms with van der Waals surface area (Å²) in [5.41, 5.74) is 5.42. The maximum absolute atomic E-state index is 12.2. The summed E-state index contributed by atoms with van der Waals surface area (Å²) in [6.07, 6.45) is -2.96.